The number of thiophene rings is 1. The summed E-state index contributed by atoms with van der Waals surface area (Å²) in [6.07, 6.45) is 2.93. The Morgan fingerprint density at radius 1 is 1.64 bits per heavy atom. The largest absolute Gasteiger partial charge is 0.307 e. The van der Waals surface area contributed by atoms with Gasteiger partial charge in [0.05, 0.1) is 14.7 Å². The summed E-state index contributed by atoms with van der Waals surface area (Å²) in [5.41, 5.74) is 1.02. The molecule has 14 heavy (non-hydrogen) atoms. The molecule has 1 unspecified atom stereocenters. The van der Waals surface area contributed by atoms with Crippen LogP contribution in [0.4, 0.5) is 0 Å². The lowest BCUT2D eigenvalue weighted by molar-refractivity contribution is 0.615. The maximum Gasteiger partial charge on any atom is 0.0995 e. The number of halogens is 2. The summed E-state index contributed by atoms with van der Waals surface area (Å²) in [6.45, 7) is 6.85. The third-order valence-corrected chi connectivity index (χ3v) is 3.39. The molecule has 0 radical (unpaired) electrons. The molecule has 0 spiro atoms. The minimum absolute atomic E-state index is 0.103. The number of nitrogens with one attached hydrogen (secondary N) is 1. The van der Waals surface area contributed by atoms with Crippen LogP contribution in [0.3, 0.4) is 0 Å². The van der Waals surface area contributed by atoms with Gasteiger partial charge in [0.2, 0.25) is 0 Å². The van der Waals surface area contributed by atoms with Gasteiger partial charge < -0.3 is 5.32 Å². The molecule has 0 fully saturated rings. The Labute approximate surface area is 98.7 Å². The third kappa shape index (κ3) is 2.99. The Hall–Kier alpha value is -0.0200. The predicted molar refractivity (Wildman–Crippen MR) is 65.6 cm³/mol. The van der Waals surface area contributed by atoms with Crippen molar-refractivity contribution in [3.8, 4) is 0 Å². The molecule has 0 saturated heterocycles. The van der Waals surface area contributed by atoms with E-state index in [-0.39, 0.29) is 6.04 Å². The molecule has 0 bridgehead atoms. The van der Waals surface area contributed by atoms with E-state index in [4.69, 9.17) is 23.2 Å². The second-order valence-electron chi connectivity index (χ2n) is 2.95. The molecule has 0 aliphatic carbocycles. The van der Waals surface area contributed by atoms with Gasteiger partial charge in [-0.1, -0.05) is 36.2 Å². The fourth-order valence-electron chi connectivity index (χ4n) is 1.19. The molecule has 0 amide bonds. The molecule has 0 aromatic carbocycles. The second kappa shape index (κ2) is 5.76. The highest BCUT2D eigenvalue weighted by atomic mass is 35.5. The lowest BCUT2D eigenvalue weighted by Crippen LogP contribution is -2.19. The SMILES string of the molecule is C=CC(NCCC)c1cc(Cl)sc1Cl. The van der Waals surface area contributed by atoms with Crippen molar-refractivity contribution in [2.24, 2.45) is 0 Å². The fourth-order valence-corrected chi connectivity index (χ4v) is 2.73. The Kier molecular flexibility index (Phi) is 4.96. The van der Waals surface area contributed by atoms with Crippen molar-refractivity contribution in [2.45, 2.75) is 19.4 Å². The van der Waals surface area contributed by atoms with E-state index in [9.17, 15) is 0 Å². The normalized spacial score (nSPS) is 12.8. The van der Waals surface area contributed by atoms with Gasteiger partial charge in [-0.3, -0.25) is 0 Å². The van der Waals surface area contributed by atoms with Crippen molar-refractivity contribution in [3.63, 3.8) is 0 Å². The van der Waals surface area contributed by atoms with Gasteiger partial charge in [-0.05, 0) is 19.0 Å². The summed E-state index contributed by atoms with van der Waals surface area (Å²) in [4.78, 5) is 0. The standard InChI is InChI=1S/C10H13Cl2NS/c1-3-5-13-8(4-2)7-6-9(11)14-10(7)12/h4,6,8,13H,2-3,5H2,1H3. The van der Waals surface area contributed by atoms with Gasteiger partial charge in [-0.2, -0.15) is 0 Å². The first-order valence-corrected chi connectivity index (χ1v) is 6.07. The number of hydrogen-bond acceptors (Lipinski definition) is 2. The van der Waals surface area contributed by atoms with Gasteiger partial charge in [-0.25, -0.2) is 0 Å². The van der Waals surface area contributed by atoms with E-state index in [0.29, 0.717) is 0 Å². The minimum atomic E-state index is 0.103. The third-order valence-electron chi connectivity index (χ3n) is 1.87. The van der Waals surface area contributed by atoms with Crippen molar-refractivity contribution >= 4 is 34.5 Å². The van der Waals surface area contributed by atoms with Crippen LogP contribution < -0.4 is 5.32 Å². The number of hydrogen-bond donors (Lipinski definition) is 1. The van der Waals surface area contributed by atoms with Crippen LogP contribution in [0.1, 0.15) is 24.9 Å². The summed E-state index contributed by atoms with van der Waals surface area (Å²) in [5, 5.41) is 3.34. The maximum absolute atomic E-state index is 6.04. The first-order valence-electron chi connectivity index (χ1n) is 4.49. The summed E-state index contributed by atoms with van der Waals surface area (Å²) >= 11 is 13.3. The van der Waals surface area contributed by atoms with E-state index in [0.717, 1.165) is 27.2 Å². The van der Waals surface area contributed by atoms with E-state index in [1.807, 2.05) is 12.1 Å². The molecule has 4 heteroatoms. The molecule has 0 aliphatic rings. The van der Waals surface area contributed by atoms with E-state index >= 15 is 0 Å². The zero-order valence-corrected chi connectivity index (χ0v) is 10.3. The molecule has 0 saturated carbocycles. The van der Waals surface area contributed by atoms with Crippen molar-refractivity contribution in [2.75, 3.05) is 6.54 Å². The summed E-state index contributed by atoms with van der Waals surface area (Å²) < 4.78 is 1.46. The van der Waals surface area contributed by atoms with Crippen molar-refractivity contribution in [1.82, 2.24) is 5.32 Å². The van der Waals surface area contributed by atoms with Gasteiger partial charge in [0.25, 0.3) is 0 Å². The van der Waals surface area contributed by atoms with Crippen LogP contribution in [-0.2, 0) is 0 Å². The minimum Gasteiger partial charge on any atom is -0.307 e. The van der Waals surface area contributed by atoms with Crippen LogP contribution in [0.25, 0.3) is 0 Å². The van der Waals surface area contributed by atoms with E-state index in [1.165, 1.54) is 11.3 Å². The molecule has 1 rings (SSSR count). The van der Waals surface area contributed by atoms with Gasteiger partial charge in [0.1, 0.15) is 0 Å². The molecule has 1 N–H and O–H groups in total. The zero-order valence-electron chi connectivity index (χ0n) is 8.02. The monoisotopic (exact) mass is 249 g/mol. The second-order valence-corrected chi connectivity index (χ2v) is 5.23. The Morgan fingerprint density at radius 3 is 2.79 bits per heavy atom. The molecule has 0 aliphatic heterocycles. The van der Waals surface area contributed by atoms with Crippen molar-refractivity contribution < 1.29 is 0 Å². The van der Waals surface area contributed by atoms with Gasteiger partial charge in [0.15, 0.2) is 0 Å². The molecule has 78 valence electrons. The molecule has 1 aromatic rings. The smallest absolute Gasteiger partial charge is 0.0995 e. The first kappa shape index (κ1) is 12.1. The lowest BCUT2D eigenvalue weighted by atomic mass is 10.1. The van der Waals surface area contributed by atoms with E-state index in [1.54, 1.807) is 0 Å². The molecule has 1 atom stereocenters. The average molecular weight is 250 g/mol. The lowest BCUT2D eigenvalue weighted by Gasteiger charge is -2.12. The maximum atomic E-state index is 6.04. The molecule has 1 nitrogen and oxygen atoms in total. The summed E-state index contributed by atoms with van der Waals surface area (Å²) in [6, 6.07) is 2.00. The van der Waals surface area contributed by atoms with Crippen LogP contribution in [0, 0.1) is 0 Å². The fraction of sp³-hybridized carbons (Fsp3) is 0.400. The Balaban J connectivity index is 2.77. The Morgan fingerprint density at radius 2 is 2.36 bits per heavy atom. The van der Waals surface area contributed by atoms with Crippen LogP contribution in [0.15, 0.2) is 18.7 Å². The van der Waals surface area contributed by atoms with E-state index < -0.39 is 0 Å². The zero-order chi connectivity index (χ0) is 10.6. The van der Waals surface area contributed by atoms with E-state index in [2.05, 4.69) is 18.8 Å². The molecular weight excluding hydrogens is 237 g/mol. The molecular formula is C10H13Cl2NS. The van der Waals surface area contributed by atoms with Gasteiger partial charge in [0, 0.05) is 5.56 Å². The average Bonchev–Trinajstić information content (AvgIpc) is 2.47. The number of rotatable bonds is 5. The highest BCUT2D eigenvalue weighted by molar-refractivity contribution is 7.20. The van der Waals surface area contributed by atoms with Crippen LogP contribution in [-0.4, -0.2) is 6.54 Å². The van der Waals surface area contributed by atoms with Crippen LogP contribution in [0.5, 0.6) is 0 Å². The van der Waals surface area contributed by atoms with Crippen LogP contribution >= 0.6 is 34.5 Å². The quantitative estimate of drug-likeness (QED) is 0.769. The van der Waals surface area contributed by atoms with Gasteiger partial charge >= 0.3 is 0 Å². The molecule has 1 heterocycles. The highest BCUT2D eigenvalue weighted by Gasteiger charge is 2.13. The van der Waals surface area contributed by atoms with Crippen LogP contribution in [0.2, 0.25) is 8.67 Å². The molecule has 1 aromatic heterocycles. The predicted octanol–water partition coefficient (Wildman–Crippen LogP) is 4.28. The van der Waals surface area contributed by atoms with Gasteiger partial charge in [-0.15, -0.1) is 17.9 Å². The first-order chi connectivity index (χ1) is 6.69. The summed E-state index contributed by atoms with van der Waals surface area (Å²) in [7, 11) is 0. The topological polar surface area (TPSA) is 12.0 Å². The van der Waals surface area contributed by atoms with Crippen molar-refractivity contribution in [3.05, 3.63) is 33.0 Å². The highest BCUT2D eigenvalue weighted by Crippen LogP contribution is 2.35. The van der Waals surface area contributed by atoms with Crippen molar-refractivity contribution in [1.29, 1.82) is 0 Å². The Bertz CT molecular complexity index is 309. The summed E-state index contributed by atoms with van der Waals surface area (Å²) in [5.74, 6) is 0.